The van der Waals surface area contributed by atoms with E-state index < -0.39 is 15.6 Å². The lowest BCUT2D eigenvalue weighted by atomic mass is 9.82. The number of nitrogens with zero attached hydrogens (tertiary/aromatic N) is 2. The maximum atomic E-state index is 14.0. The number of aromatic nitrogens is 1. The fourth-order valence-electron chi connectivity index (χ4n) is 7.29. The van der Waals surface area contributed by atoms with Gasteiger partial charge in [-0.2, -0.15) is 0 Å². The van der Waals surface area contributed by atoms with Crippen LogP contribution in [0.25, 0.3) is 5.70 Å². The Morgan fingerprint density at radius 3 is 2.39 bits per heavy atom. The number of hydrogen-bond donors (Lipinski definition) is 2. The van der Waals surface area contributed by atoms with Gasteiger partial charge in [0, 0.05) is 31.5 Å². The third-order valence-corrected chi connectivity index (χ3v) is 11.5. The molecule has 6 rings (SSSR count). The molecular weight excluding hydrogens is 536 g/mol. The van der Waals surface area contributed by atoms with Gasteiger partial charge < -0.3 is 20.0 Å². The molecule has 0 atom stereocenters. The second-order valence-electron chi connectivity index (χ2n) is 12.4. The summed E-state index contributed by atoms with van der Waals surface area (Å²) < 4.78 is 37.4. The molecule has 0 bridgehead atoms. The van der Waals surface area contributed by atoms with Crippen molar-refractivity contribution in [2.24, 2.45) is 5.92 Å². The van der Waals surface area contributed by atoms with Gasteiger partial charge in [0.15, 0.2) is 0 Å². The number of amides is 1. The summed E-state index contributed by atoms with van der Waals surface area (Å²) in [6.07, 6.45) is 14.5. The number of benzene rings is 1. The molecule has 9 heteroatoms. The molecule has 1 aromatic heterocycles. The van der Waals surface area contributed by atoms with Gasteiger partial charge in [0.2, 0.25) is 0 Å². The number of hydrogen-bond acceptors (Lipinski definition) is 5. The fraction of sp³-hybridized carbons (Fsp3) is 0.594. The number of hydrazine groups is 1. The predicted molar refractivity (Wildman–Crippen MR) is 159 cm³/mol. The minimum atomic E-state index is -3.80. The second-order valence-corrected chi connectivity index (χ2v) is 14.2. The quantitative estimate of drug-likeness (QED) is 0.449. The molecule has 41 heavy (non-hydrogen) atoms. The highest BCUT2D eigenvalue weighted by molar-refractivity contribution is 7.89. The maximum Gasteiger partial charge on any atom is 0.260 e. The van der Waals surface area contributed by atoms with Gasteiger partial charge in [-0.15, -0.1) is 4.41 Å². The predicted octanol–water partition coefficient (Wildman–Crippen LogP) is 5.54. The van der Waals surface area contributed by atoms with E-state index in [4.69, 9.17) is 4.74 Å². The number of carbonyl (C=O) groups excluding carboxylic acids is 1. The molecular formula is C32H44N4O4S. The highest BCUT2D eigenvalue weighted by Crippen LogP contribution is 2.43. The molecule has 3 fully saturated rings. The molecule has 2 aromatic rings. The Bertz CT molecular complexity index is 1370. The lowest BCUT2D eigenvalue weighted by molar-refractivity contribution is 0.0696. The molecule has 1 saturated heterocycles. The first-order valence-electron chi connectivity index (χ1n) is 15.6. The van der Waals surface area contributed by atoms with E-state index in [1.54, 1.807) is 24.3 Å². The highest BCUT2D eigenvalue weighted by atomic mass is 32.2. The van der Waals surface area contributed by atoms with Crippen molar-refractivity contribution in [2.75, 3.05) is 13.2 Å². The molecule has 8 nitrogen and oxygen atoms in total. The average molecular weight is 581 g/mol. The fourth-order valence-corrected chi connectivity index (χ4v) is 8.93. The van der Waals surface area contributed by atoms with Crippen molar-refractivity contribution in [3.8, 4) is 0 Å². The first-order valence-corrected chi connectivity index (χ1v) is 17.0. The Balaban J connectivity index is 1.38. The van der Waals surface area contributed by atoms with Crippen LogP contribution in [-0.2, 0) is 21.3 Å². The number of nitrogens with one attached hydrogen (secondary N) is 2. The zero-order chi connectivity index (χ0) is 28.5. The van der Waals surface area contributed by atoms with Crippen LogP contribution in [0, 0.1) is 12.8 Å². The van der Waals surface area contributed by atoms with E-state index in [2.05, 4.69) is 21.4 Å². The lowest BCUT2D eigenvalue weighted by Crippen LogP contribution is -2.53. The van der Waals surface area contributed by atoms with Crippen molar-refractivity contribution in [1.29, 1.82) is 0 Å². The molecule has 1 amide bonds. The molecule has 0 radical (unpaired) electrons. The van der Waals surface area contributed by atoms with Gasteiger partial charge in [-0.05, 0) is 75.6 Å². The van der Waals surface area contributed by atoms with E-state index >= 15 is 0 Å². The first-order chi connectivity index (χ1) is 19.9. The molecule has 3 heterocycles. The molecule has 2 aliphatic heterocycles. The van der Waals surface area contributed by atoms with E-state index in [0.29, 0.717) is 24.7 Å². The standard InChI is InChI=1S/C32H44N4O4S/c1-24-28(31(37)33-26-15-19-40-20-16-26)21-30(35(24)23-25-11-5-2-6-12-25)29-22-32(17-9-4-10-18-32)36(34-29)41(38,39)27-13-7-3-8-14-27/h3,7-8,13-14,21-22,25-26,34H,2,4-6,9-12,15-20,23H2,1H3,(H,33,37). The van der Waals surface area contributed by atoms with E-state index in [9.17, 15) is 13.2 Å². The van der Waals surface area contributed by atoms with Crippen LogP contribution in [-0.4, -0.2) is 48.1 Å². The first kappa shape index (κ1) is 28.5. The largest absolute Gasteiger partial charge is 0.381 e. The summed E-state index contributed by atoms with van der Waals surface area (Å²) in [4.78, 5) is 13.9. The topological polar surface area (TPSA) is 92.7 Å². The Morgan fingerprint density at radius 1 is 1.00 bits per heavy atom. The lowest BCUT2D eigenvalue weighted by Gasteiger charge is -2.39. The van der Waals surface area contributed by atoms with E-state index in [-0.39, 0.29) is 16.8 Å². The highest BCUT2D eigenvalue weighted by Gasteiger charge is 2.48. The Hall–Kier alpha value is -2.62. The molecule has 222 valence electrons. The van der Waals surface area contributed by atoms with Gasteiger partial charge in [-0.1, -0.05) is 56.7 Å². The summed E-state index contributed by atoms with van der Waals surface area (Å²) in [6, 6.07) is 10.8. The van der Waals surface area contributed by atoms with Crippen molar-refractivity contribution in [2.45, 2.75) is 107 Å². The van der Waals surface area contributed by atoms with E-state index in [1.807, 2.05) is 19.1 Å². The van der Waals surface area contributed by atoms with Crippen LogP contribution < -0.4 is 10.7 Å². The van der Waals surface area contributed by atoms with Crippen molar-refractivity contribution < 1.29 is 17.9 Å². The van der Waals surface area contributed by atoms with Gasteiger partial charge >= 0.3 is 0 Å². The van der Waals surface area contributed by atoms with Crippen molar-refractivity contribution in [3.05, 3.63) is 59.4 Å². The molecule has 4 aliphatic rings. The molecule has 1 spiro atoms. The monoisotopic (exact) mass is 580 g/mol. The van der Waals surface area contributed by atoms with Crippen molar-refractivity contribution >= 4 is 21.6 Å². The average Bonchev–Trinajstić information content (AvgIpc) is 3.53. The summed E-state index contributed by atoms with van der Waals surface area (Å²) in [7, 11) is -3.80. The maximum absolute atomic E-state index is 14.0. The SMILES string of the molecule is Cc1c(C(=O)NC2CCOCC2)cc(C2=CC3(CCCCC3)N(S(=O)(=O)c3ccccc3)N2)n1CC1CCCCC1. The van der Waals surface area contributed by atoms with Crippen molar-refractivity contribution in [1.82, 2.24) is 19.7 Å². The molecule has 2 N–H and O–H groups in total. The summed E-state index contributed by atoms with van der Waals surface area (Å²) in [6.45, 7) is 4.21. The third-order valence-electron chi connectivity index (χ3n) is 9.65. The Kier molecular flexibility index (Phi) is 8.30. The van der Waals surface area contributed by atoms with Crippen LogP contribution in [0.15, 0.2) is 47.4 Å². The smallest absolute Gasteiger partial charge is 0.260 e. The molecule has 2 saturated carbocycles. The number of carbonyl (C=O) groups is 1. The second kappa shape index (κ2) is 11.9. The van der Waals surface area contributed by atoms with Gasteiger partial charge in [0.1, 0.15) is 0 Å². The van der Waals surface area contributed by atoms with Crippen molar-refractivity contribution in [3.63, 3.8) is 0 Å². The van der Waals surface area contributed by atoms with Crippen LogP contribution in [0.2, 0.25) is 0 Å². The van der Waals surface area contributed by atoms with E-state index in [1.165, 1.54) is 36.5 Å². The minimum Gasteiger partial charge on any atom is -0.381 e. The third kappa shape index (κ3) is 5.73. The zero-order valence-corrected chi connectivity index (χ0v) is 25.1. The number of ether oxygens (including phenoxy) is 1. The Morgan fingerprint density at radius 2 is 1.68 bits per heavy atom. The number of sulfonamides is 1. The molecule has 0 unspecified atom stereocenters. The van der Waals surface area contributed by atoms with Gasteiger partial charge in [0.05, 0.1) is 27.4 Å². The Labute approximate surface area is 244 Å². The summed E-state index contributed by atoms with van der Waals surface area (Å²) >= 11 is 0. The normalized spacial score (nSPS) is 22.4. The van der Waals surface area contributed by atoms with Crippen LogP contribution >= 0.6 is 0 Å². The minimum absolute atomic E-state index is 0.0576. The number of rotatable bonds is 7. The zero-order valence-electron chi connectivity index (χ0n) is 24.2. The van der Waals surface area contributed by atoms with Crippen LogP contribution in [0.4, 0.5) is 0 Å². The van der Waals surface area contributed by atoms with E-state index in [0.717, 1.165) is 68.6 Å². The van der Waals surface area contributed by atoms with Gasteiger partial charge in [0.25, 0.3) is 15.9 Å². The van der Waals surface area contributed by atoms with Gasteiger partial charge in [-0.3, -0.25) is 4.79 Å². The molecule has 1 aromatic carbocycles. The van der Waals surface area contributed by atoms with Crippen LogP contribution in [0.5, 0.6) is 0 Å². The summed E-state index contributed by atoms with van der Waals surface area (Å²) in [5.41, 5.74) is 6.07. The van der Waals surface area contributed by atoms with Crippen LogP contribution in [0.3, 0.4) is 0 Å². The van der Waals surface area contributed by atoms with Gasteiger partial charge in [-0.25, -0.2) is 8.42 Å². The van der Waals surface area contributed by atoms with Crippen LogP contribution in [0.1, 0.15) is 98.8 Å². The summed E-state index contributed by atoms with van der Waals surface area (Å²) in [5, 5.41) is 3.24. The molecule has 2 aliphatic carbocycles. The summed E-state index contributed by atoms with van der Waals surface area (Å²) in [5.74, 6) is 0.493.